The summed E-state index contributed by atoms with van der Waals surface area (Å²) < 4.78 is 27.4. The molecule has 12 heteroatoms. The molecule has 9 nitrogen and oxygen atoms in total. The zero-order chi connectivity index (χ0) is 23.6. The number of guanidine groups is 1. The zero-order valence-electron chi connectivity index (χ0n) is 17.9. The highest BCUT2D eigenvalue weighted by molar-refractivity contribution is 6.43. The summed E-state index contributed by atoms with van der Waals surface area (Å²) in [5, 5.41) is 26.8. The van der Waals surface area contributed by atoms with Crippen molar-refractivity contribution < 1.29 is 28.4 Å². The molecule has 0 aliphatic carbocycles. The Morgan fingerprint density at radius 1 is 1.23 bits per heavy atom. The Bertz CT molecular complexity index is 780. The summed E-state index contributed by atoms with van der Waals surface area (Å²) in [7, 11) is -0.299. The fourth-order valence-electron chi connectivity index (χ4n) is 2.83. The van der Waals surface area contributed by atoms with Gasteiger partial charge in [0.15, 0.2) is 17.6 Å². The second-order valence-electron chi connectivity index (χ2n) is 7.46. The third-order valence-corrected chi connectivity index (χ3v) is 4.45. The van der Waals surface area contributed by atoms with Crippen LogP contribution < -0.4 is 21.7 Å². The molecule has 7 N–H and O–H groups in total. The Balaban J connectivity index is 2.94. The van der Waals surface area contributed by atoms with Gasteiger partial charge in [-0.15, -0.1) is 0 Å². The smallest absolute Gasteiger partial charge is 0.426 e. The molecular formula is C19H30BF2N5O4. The van der Waals surface area contributed by atoms with Crippen molar-refractivity contribution in [2.45, 2.75) is 45.1 Å². The molecule has 31 heavy (non-hydrogen) atoms. The number of carbonyl (C=O) groups excluding carboxylic acids is 2. The number of halogens is 2. The van der Waals surface area contributed by atoms with E-state index in [1.807, 2.05) is 13.8 Å². The first-order valence-electron chi connectivity index (χ1n) is 9.94. The molecule has 0 aliphatic rings. The van der Waals surface area contributed by atoms with Crippen LogP contribution >= 0.6 is 0 Å². The molecule has 0 fully saturated rings. The minimum atomic E-state index is -1.80. The van der Waals surface area contributed by atoms with Gasteiger partial charge in [0, 0.05) is 13.6 Å². The maximum Gasteiger partial charge on any atom is 0.475 e. The lowest BCUT2D eigenvalue weighted by Gasteiger charge is -2.24. The fraction of sp³-hybridized carbons (Fsp3) is 0.526. The average Bonchev–Trinajstić information content (AvgIpc) is 2.70. The molecule has 0 aromatic heterocycles. The maximum absolute atomic E-state index is 14.0. The van der Waals surface area contributed by atoms with Crippen molar-refractivity contribution in [2.75, 3.05) is 13.6 Å². The van der Waals surface area contributed by atoms with Crippen LogP contribution in [0.15, 0.2) is 23.2 Å². The first kappa shape index (κ1) is 26.3. The minimum absolute atomic E-state index is 0.0574. The standard InChI is InChI=1S/C19H30BF2N5O4/c1-11(2)10-15(20(30)31)27-18(29)14(8-5-9-25-19(23)24-3)26-17(28)12-6-4-7-13(21)16(12)22/h4,6-7,11,14-15,30-31H,5,8-10H2,1-3H3,(H,26,28)(H,27,29)(H3,23,24,25)/t14-,15-/m0/s1. The van der Waals surface area contributed by atoms with Gasteiger partial charge in [-0.3, -0.25) is 14.6 Å². The van der Waals surface area contributed by atoms with E-state index in [0.29, 0.717) is 13.0 Å². The fourth-order valence-corrected chi connectivity index (χ4v) is 2.83. The van der Waals surface area contributed by atoms with Crippen LogP contribution in [0.1, 0.15) is 43.5 Å². The molecule has 2 amide bonds. The highest BCUT2D eigenvalue weighted by Crippen LogP contribution is 2.12. The van der Waals surface area contributed by atoms with E-state index >= 15 is 0 Å². The van der Waals surface area contributed by atoms with E-state index in [9.17, 15) is 28.4 Å². The van der Waals surface area contributed by atoms with Gasteiger partial charge in [0.1, 0.15) is 6.04 Å². The molecule has 0 radical (unpaired) electrons. The van der Waals surface area contributed by atoms with Crippen molar-refractivity contribution in [3.8, 4) is 0 Å². The van der Waals surface area contributed by atoms with Gasteiger partial charge >= 0.3 is 7.12 Å². The third-order valence-electron chi connectivity index (χ3n) is 4.45. The third kappa shape index (κ3) is 8.89. The van der Waals surface area contributed by atoms with E-state index in [2.05, 4.69) is 20.9 Å². The van der Waals surface area contributed by atoms with Crippen LogP contribution in [0.2, 0.25) is 0 Å². The number of aliphatic imine (C=N–C) groups is 1. The summed E-state index contributed by atoms with van der Waals surface area (Å²) in [5.74, 6) is -4.86. The molecule has 1 rings (SSSR count). The molecule has 0 aliphatic heterocycles. The van der Waals surface area contributed by atoms with E-state index in [4.69, 9.17) is 5.73 Å². The van der Waals surface area contributed by atoms with Gasteiger partial charge in [-0.1, -0.05) is 19.9 Å². The molecule has 2 atom stereocenters. The molecule has 1 aromatic carbocycles. The number of nitrogens with two attached hydrogens (primary N) is 1. The lowest BCUT2D eigenvalue weighted by Crippen LogP contribution is -2.54. The number of hydrogen-bond acceptors (Lipinski definition) is 5. The predicted octanol–water partition coefficient (Wildman–Crippen LogP) is -0.0796. The van der Waals surface area contributed by atoms with Crippen LogP contribution in [0.3, 0.4) is 0 Å². The number of carbonyl (C=O) groups is 2. The quantitative estimate of drug-likeness (QED) is 0.122. The second-order valence-corrected chi connectivity index (χ2v) is 7.46. The van der Waals surface area contributed by atoms with Gasteiger partial charge in [-0.2, -0.15) is 0 Å². The topological polar surface area (TPSA) is 149 Å². The largest absolute Gasteiger partial charge is 0.475 e. The van der Waals surface area contributed by atoms with Crippen molar-refractivity contribution in [1.82, 2.24) is 16.0 Å². The molecule has 0 saturated heterocycles. The van der Waals surface area contributed by atoms with Gasteiger partial charge in [-0.25, -0.2) is 8.78 Å². The Morgan fingerprint density at radius 3 is 2.48 bits per heavy atom. The Hall–Kier alpha value is -2.73. The van der Waals surface area contributed by atoms with Gasteiger partial charge in [0.05, 0.1) is 11.5 Å². The predicted molar refractivity (Wildman–Crippen MR) is 114 cm³/mol. The SMILES string of the molecule is CN=C(N)NCCC[C@H](NC(=O)c1cccc(F)c1F)C(=O)N[C@@H](CC(C)C)B(O)O. The van der Waals surface area contributed by atoms with Crippen molar-refractivity contribution in [3.63, 3.8) is 0 Å². The number of nitrogens with one attached hydrogen (secondary N) is 3. The van der Waals surface area contributed by atoms with Gasteiger partial charge in [0.25, 0.3) is 5.91 Å². The van der Waals surface area contributed by atoms with E-state index in [-0.39, 0.29) is 24.7 Å². The first-order valence-corrected chi connectivity index (χ1v) is 9.94. The second kappa shape index (κ2) is 12.9. The Labute approximate surface area is 180 Å². The lowest BCUT2D eigenvalue weighted by molar-refractivity contribution is -0.123. The van der Waals surface area contributed by atoms with E-state index in [1.165, 1.54) is 13.1 Å². The van der Waals surface area contributed by atoms with Crippen LogP contribution in [0.25, 0.3) is 0 Å². The highest BCUT2D eigenvalue weighted by atomic mass is 19.2. The lowest BCUT2D eigenvalue weighted by atomic mass is 9.75. The molecule has 0 bridgehead atoms. The maximum atomic E-state index is 14.0. The van der Waals surface area contributed by atoms with E-state index in [0.717, 1.165) is 12.1 Å². The molecule has 0 spiro atoms. The van der Waals surface area contributed by atoms with Crippen LogP contribution in [0, 0.1) is 17.6 Å². The summed E-state index contributed by atoms with van der Waals surface area (Å²) in [5.41, 5.74) is 5.00. The number of rotatable bonds is 11. The zero-order valence-corrected chi connectivity index (χ0v) is 17.9. The summed E-state index contributed by atoms with van der Waals surface area (Å²) in [6.45, 7) is 4.03. The van der Waals surface area contributed by atoms with Crippen molar-refractivity contribution in [3.05, 3.63) is 35.4 Å². The van der Waals surface area contributed by atoms with Crippen LogP contribution in [0.4, 0.5) is 8.78 Å². The van der Waals surface area contributed by atoms with Crippen molar-refractivity contribution in [2.24, 2.45) is 16.6 Å². The van der Waals surface area contributed by atoms with Crippen LogP contribution in [-0.2, 0) is 4.79 Å². The highest BCUT2D eigenvalue weighted by Gasteiger charge is 2.30. The number of benzene rings is 1. The molecule has 172 valence electrons. The van der Waals surface area contributed by atoms with Crippen LogP contribution in [-0.4, -0.2) is 60.5 Å². The summed E-state index contributed by atoms with van der Waals surface area (Å²) >= 11 is 0. The van der Waals surface area contributed by atoms with Gasteiger partial charge < -0.3 is 31.7 Å². The van der Waals surface area contributed by atoms with Crippen LogP contribution in [0.5, 0.6) is 0 Å². The summed E-state index contributed by atoms with van der Waals surface area (Å²) in [6.07, 6.45) is 0.777. The first-order chi connectivity index (χ1) is 14.6. The monoisotopic (exact) mass is 441 g/mol. The Morgan fingerprint density at radius 2 is 1.90 bits per heavy atom. The van der Waals surface area contributed by atoms with E-state index < -0.39 is 48.1 Å². The van der Waals surface area contributed by atoms with Crippen molar-refractivity contribution >= 4 is 24.9 Å². The average molecular weight is 441 g/mol. The normalized spacial score (nSPS) is 13.5. The molecular weight excluding hydrogens is 411 g/mol. The number of nitrogens with zero attached hydrogens (tertiary/aromatic N) is 1. The summed E-state index contributed by atoms with van der Waals surface area (Å²) in [4.78, 5) is 29.0. The number of hydrogen-bond donors (Lipinski definition) is 6. The number of amides is 2. The molecule has 1 aromatic rings. The van der Waals surface area contributed by atoms with Crippen molar-refractivity contribution in [1.29, 1.82) is 0 Å². The molecule has 0 heterocycles. The Kier molecular flexibility index (Phi) is 10.9. The van der Waals surface area contributed by atoms with Gasteiger partial charge in [0.2, 0.25) is 5.91 Å². The molecule has 0 saturated carbocycles. The molecule has 0 unspecified atom stereocenters. The van der Waals surface area contributed by atoms with Gasteiger partial charge in [-0.05, 0) is 37.3 Å². The summed E-state index contributed by atoms with van der Waals surface area (Å²) in [6, 6.07) is 2.02. The van der Waals surface area contributed by atoms with E-state index in [1.54, 1.807) is 0 Å². The minimum Gasteiger partial charge on any atom is -0.426 e.